The molecule has 0 saturated heterocycles. The second-order valence-electron chi connectivity index (χ2n) is 4.79. The maximum atomic E-state index is 5.66. The van der Waals surface area contributed by atoms with Crippen molar-refractivity contribution in [3.8, 4) is 11.1 Å². The molecule has 2 aromatic carbocycles. The van der Waals surface area contributed by atoms with Gasteiger partial charge >= 0.3 is 0 Å². The van der Waals surface area contributed by atoms with Gasteiger partial charge in [0.1, 0.15) is 0 Å². The van der Waals surface area contributed by atoms with Gasteiger partial charge in [-0.05, 0) is 41.3 Å². The first-order valence-corrected chi connectivity index (χ1v) is 6.19. The fraction of sp³-hybridized carbons (Fsp3) is 0.250. The Morgan fingerprint density at radius 3 is 2.17 bits per heavy atom. The molecule has 0 fully saturated rings. The zero-order valence-electron chi connectivity index (χ0n) is 11.3. The number of hydrogen-bond acceptors (Lipinski definition) is 2. The molecule has 0 bridgehead atoms. The third-order valence-electron chi connectivity index (χ3n) is 3.22. The number of hydrogen-bond donors (Lipinski definition) is 1. The second-order valence-corrected chi connectivity index (χ2v) is 4.79. The van der Waals surface area contributed by atoms with E-state index in [1.807, 2.05) is 0 Å². The zero-order chi connectivity index (χ0) is 13.1. The van der Waals surface area contributed by atoms with E-state index in [4.69, 9.17) is 5.73 Å². The molecule has 2 N–H and O–H groups in total. The molecule has 0 saturated carbocycles. The van der Waals surface area contributed by atoms with Crippen molar-refractivity contribution in [2.24, 2.45) is 5.73 Å². The maximum absolute atomic E-state index is 5.66. The van der Waals surface area contributed by atoms with Crippen molar-refractivity contribution in [3.05, 3.63) is 53.6 Å². The molecule has 0 radical (unpaired) electrons. The smallest absolute Gasteiger partial charge is 0.0361 e. The van der Waals surface area contributed by atoms with Crippen molar-refractivity contribution in [2.45, 2.75) is 13.5 Å². The van der Waals surface area contributed by atoms with Crippen LogP contribution in [0.4, 0.5) is 5.69 Å². The topological polar surface area (TPSA) is 29.3 Å². The average molecular weight is 240 g/mol. The predicted molar refractivity (Wildman–Crippen MR) is 78.8 cm³/mol. The van der Waals surface area contributed by atoms with Gasteiger partial charge < -0.3 is 10.6 Å². The van der Waals surface area contributed by atoms with E-state index in [0.717, 1.165) is 0 Å². The summed E-state index contributed by atoms with van der Waals surface area (Å²) in [6.45, 7) is 2.73. The maximum Gasteiger partial charge on any atom is 0.0361 e. The minimum atomic E-state index is 0.598. The first-order valence-electron chi connectivity index (χ1n) is 6.19. The lowest BCUT2D eigenvalue weighted by Gasteiger charge is -2.13. The van der Waals surface area contributed by atoms with E-state index in [-0.39, 0.29) is 0 Å². The highest BCUT2D eigenvalue weighted by Crippen LogP contribution is 2.26. The van der Waals surface area contributed by atoms with Gasteiger partial charge in [-0.1, -0.05) is 30.3 Å². The molecule has 0 aliphatic carbocycles. The van der Waals surface area contributed by atoms with E-state index in [1.165, 1.54) is 27.9 Å². The van der Waals surface area contributed by atoms with Crippen LogP contribution >= 0.6 is 0 Å². The van der Waals surface area contributed by atoms with Gasteiger partial charge in [-0.3, -0.25) is 0 Å². The van der Waals surface area contributed by atoms with Crippen molar-refractivity contribution < 1.29 is 0 Å². The first-order chi connectivity index (χ1) is 8.61. The van der Waals surface area contributed by atoms with Crippen LogP contribution in [-0.4, -0.2) is 14.1 Å². The quantitative estimate of drug-likeness (QED) is 0.892. The van der Waals surface area contributed by atoms with Gasteiger partial charge in [0.2, 0.25) is 0 Å². The van der Waals surface area contributed by atoms with Crippen molar-refractivity contribution in [3.63, 3.8) is 0 Å². The minimum Gasteiger partial charge on any atom is -0.378 e. The summed E-state index contributed by atoms with van der Waals surface area (Å²) in [5, 5.41) is 0. The van der Waals surface area contributed by atoms with E-state index >= 15 is 0 Å². The lowest BCUT2D eigenvalue weighted by atomic mass is 9.98. The van der Waals surface area contributed by atoms with Crippen LogP contribution in [0.2, 0.25) is 0 Å². The molecule has 0 aromatic heterocycles. The molecule has 0 amide bonds. The Hall–Kier alpha value is -1.80. The van der Waals surface area contributed by atoms with Crippen LogP contribution in [0.5, 0.6) is 0 Å². The second kappa shape index (κ2) is 5.23. The van der Waals surface area contributed by atoms with Gasteiger partial charge in [0.25, 0.3) is 0 Å². The minimum absolute atomic E-state index is 0.598. The number of benzene rings is 2. The molecule has 2 rings (SSSR count). The summed E-state index contributed by atoms with van der Waals surface area (Å²) in [6.07, 6.45) is 0. The summed E-state index contributed by atoms with van der Waals surface area (Å²) >= 11 is 0. The van der Waals surface area contributed by atoms with Crippen LogP contribution in [0.3, 0.4) is 0 Å². The predicted octanol–water partition coefficient (Wildman–Crippen LogP) is 3.19. The summed E-state index contributed by atoms with van der Waals surface area (Å²) in [5.74, 6) is 0. The molecule has 0 atom stereocenters. The van der Waals surface area contributed by atoms with Crippen molar-refractivity contribution >= 4 is 5.69 Å². The molecule has 0 unspecified atom stereocenters. The molecule has 2 nitrogen and oxygen atoms in total. The van der Waals surface area contributed by atoms with Crippen LogP contribution in [0.25, 0.3) is 11.1 Å². The summed E-state index contributed by atoms with van der Waals surface area (Å²) in [7, 11) is 4.10. The molecule has 0 aliphatic heterocycles. The molecule has 0 heterocycles. The van der Waals surface area contributed by atoms with E-state index < -0.39 is 0 Å². The molecule has 0 aliphatic rings. The molecular formula is C16H20N2. The Balaban J connectivity index is 2.36. The SMILES string of the molecule is Cc1cc(CN)ccc1-c1ccc(N(C)C)cc1. The van der Waals surface area contributed by atoms with Crippen molar-refractivity contribution in [1.82, 2.24) is 0 Å². The van der Waals surface area contributed by atoms with Crippen LogP contribution < -0.4 is 10.6 Å². The molecule has 0 spiro atoms. The largest absolute Gasteiger partial charge is 0.378 e. The molecule has 18 heavy (non-hydrogen) atoms. The Morgan fingerprint density at radius 1 is 1.00 bits per heavy atom. The Morgan fingerprint density at radius 2 is 1.67 bits per heavy atom. The summed E-state index contributed by atoms with van der Waals surface area (Å²) in [6, 6.07) is 15.0. The summed E-state index contributed by atoms with van der Waals surface area (Å²) < 4.78 is 0. The fourth-order valence-corrected chi connectivity index (χ4v) is 2.12. The van der Waals surface area contributed by atoms with Gasteiger partial charge in [0, 0.05) is 26.3 Å². The highest BCUT2D eigenvalue weighted by molar-refractivity contribution is 5.69. The highest BCUT2D eigenvalue weighted by Gasteiger charge is 2.03. The van der Waals surface area contributed by atoms with Gasteiger partial charge in [-0.15, -0.1) is 0 Å². The molecule has 94 valence electrons. The molecule has 2 aromatic rings. The fourth-order valence-electron chi connectivity index (χ4n) is 2.12. The normalized spacial score (nSPS) is 10.4. The average Bonchev–Trinajstić information content (AvgIpc) is 2.38. The van der Waals surface area contributed by atoms with E-state index in [9.17, 15) is 0 Å². The van der Waals surface area contributed by atoms with Crippen LogP contribution in [0.1, 0.15) is 11.1 Å². The summed E-state index contributed by atoms with van der Waals surface area (Å²) in [4.78, 5) is 2.11. The lowest BCUT2D eigenvalue weighted by molar-refractivity contribution is 1.07. The highest BCUT2D eigenvalue weighted by atomic mass is 15.1. The first kappa shape index (κ1) is 12.7. The Bertz CT molecular complexity index is 527. The van der Waals surface area contributed by atoms with E-state index in [1.54, 1.807) is 0 Å². The number of rotatable bonds is 3. The number of nitrogens with two attached hydrogens (primary N) is 1. The molecule has 2 heteroatoms. The van der Waals surface area contributed by atoms with Gasteiger partial charge in [-0.2, -0.15) is 0 Å². The van der Waals surface area contributed by atoms with Crippen LogP contribution in [0.15, 0.2) is 42.5 Å². The lowest BCUT2D eigenvalue weighted by Crippen LogP contribution is -2.07. The molecular weight excluding hydrogens is 220 g/mol. The summed E-state index contributed by atoms with van der Waals surface area (Å²) in [5.41, 5.74) is 11.9. The standard InChI is InChI=1S/C16H20N2/c1-12-10-13(11-17)4-9-16(12)14-5-7-15(8-6-14)18(2)3/h4-10H,11,17H2,1-3H3. The Kier molecular flexibility index (Phi) is 3.68. The van der Waals surface area contributed by atoms with E-state index in [2.05, 4.69) is 68.4 Å². The monoisotopic (exact) mass is 240 g/mol. The third-order valence-corrected chi connectivity index (χ3v) is 3.22. The van der Waals surface area contributed by atoms with Crippen LogP contribution in [0, 0.1) is 6.92 Å². The van der Waals surface area contributed by atoms with Gasteiger partial charge in [0.15, 0.2) is 0 Å². The van der Waals surface area contributed by atoms with Crippen molar-refractivity contribution in [1.29, 1.82) is 0 Å². The Labute approximate surface area is 109 Å². The number of aryl methyl sites for hydroxylation is 1. The zero-order valence-corrected chi connectivity index (χ0v) is 11.3. The van der Waals surface area contributed by atoms with Gasteiger partial charge in [0.05, 0.1) is 0 Å². The third kappa shape index (κ3) is 2.54. The number of nitrogens with zero attached hydrogens (tertiary/aromatic N) is 1. The van der Waals surface area contributed by atoms with Gasteiger partial charge in [-0.25, -0.2) is 0 Å². The van der Waals surface area contributed by atoms with Crippen molar-refractivity contribution in [2.75, 3.05) is 19.0 Å². The number of anilines is 1. The van der Waals surface area contributed by atoms with Crippen LogP contribution in [-0.2, 0) is 6.54 Å². The van der Waals surface area contributed by atoms with E-state index in [0.29, 0.717) is 6.54 Å².